The molecule has 3 N–H and O–H groups in total. The summed E-state index contributed by atoms with van der Waals surface area (Å²) in [5, 5.41) is 19.2. The standard InChI is InChI=1S/C25H27N3O4/c1-15-20(26-23(31)27-24(2,3)4)21(32-28-15)18-7-5-16(6-8-18)17-9-11-19(12-10-17)25(13-14-25)22(29)30/h5-12H,13-14H2,1-4H3,(H,29,30)(H2,26,27,31). The third kappa shape index (κ3) is 4.23. The van der Waals surface area contributed by atoms with Crippen LogP contribution in [0.15, 0.2) is 53.1 Å². The highest BCUT2D eigenvalue weighted by molar-refractivity contribution is 5.94. The molecule has 4 rings (SSSR count). The molecule has 0 radical (unpaired) electrons. The van der Waals surface area contributed by atoms with Gasteiger partial charge in [0.2, 0.25) is 0 Å². The van der Waals surface area contributed by atoms with Gasteiger partial charge in [-0.1, -0.05) is 53.7 Å². The second kappa shape index (κ2) is 7.82. The van der Waals surface area contributed by atoms with E-state index in [0.717, 1.165) is 22.3 Å². The highest BCUT2D eigenvalue weighted by Crippen LogP contribution is 2.48. The van der Waals surface area contributed by atoms with Crippen LogP contribution in [0.4, 0.5) is 10.5 Å². The van der Waals surface area contributed by atoms with Crippen molar-refractivity contribution in [1.82, 2.24) is 10.5 Å². The van der Waals surface area contributed by atoms with Crippen LogP contribution in [0.5, 0.6) is 0 Å². The number of hydrogen-bond acceptors (Lipinski definition) is 4. The lowest BCUT2D eigenvalue weighted by atomic mass is 9.93. The van der Waals surface area contributed by atoms with Crippen LogP contribution in [-0.4, -0.2) is 27.8 Å². The van der Waals surface area contributed by atoms with Crippen LogP contribution in [-0.2, 0) is 10.2 Å². The van der Waals surface area contributed by atoms with E-state index < -0.39 is 11.4 Å². The second-order valence-corrected chi connectivity index (χ2v) is 9.34. The number of aryl methyl sites for hydroxylation is 1. The minimum atomic E-state index is -0.752. The number of benzene rings is 2. The smallest absolute Gasteiger partial charge is 0.319 e. The lowest BCUT2D eigenvalue weighted by molar-refractivity contribution is -0.140. The molecule has 1 fully saturated rings. The van der Waals surface area contributed by atoms with Crippen LogP contribution in [0, 0.1) is 6.92 Å². The number of amides is 2. The molecule has 1 aliphatic rings. The number of nitrogens with zero attached hydrogens (tertiary/aromatic N) is 1. The zero-order valence-corrected chi connectivity index (χ0v) is 18.7. The Hall–Kier alpha value is -3.61. The van der Waals surface area contributed by atoms with Gasteiger partial charge in [-0.3, -0.25) is 4.79 Å². The van der Waals surface area contributed by atoms with Crippen LogP contribution in [0.3, 0.4) is 0 Å². The summed E-state index contributed by atoms with van der Waals surface area (Å²) in [6.07, 6.45) is 1.38. The minimum Gasteiger partial charge on any atom is -0.481 e. The minimum absolute atomic E-state index is 0.323. The summed E-state index contributed by atoms with van der Waals surface area (Å²) < 4.78 is 5.49. The van der Waals surface area contributed by atoms with Crippen molar-refractivity contribution in [2.75, 3.05) is 5.32 Å². The molecule has 1 heterocycles. The van der Waals surface area contributed by atoms with Crippen LogP contribution >= 0.6 is 0 Å². The number of anilines is 1. The summed E-state index contributed by atoms with van der Waals surface area (Å²) >= 11 is 0. The fourth-order valence-electron chi connectivity index (χ4n) is 3.75. The topological polar surface area (TPSA) is 104 Å². The average molecular weight is 434 g/mol. The van der Waals surface area contributed by atoms with E-state index in [0.29, 0.717) is 30.0 Å². The molecule has 0 aliphatic heterocycles. The molecular weight excluding hydrogens is 406 g/mol. The van der Waals surface area contributed by atoms with Gasteiger partial charge in [-0.25, -0.2) is 4.79 Å². The fraction of sp³-hybridized carbons (Fsp3) is 0.320. The van der Waals surface area contributed by atoms with Crippen LogP contribution in [0.2, 0.25) is 0 Å². The Bertz CT molecular complexity index is 1150. The first-order chi connectivity index (χ1) is 15.1. The van der Waals surface area contributed by atoms with Gasteiger partial charge in [0.05, 0.1) is 5.41 Å². The molecule has 3 aromatic rings. The molecule has 7 nitrogen and oxygen atoms in total. The highest BCUT2D eigenvalue weighted by atomic mass is 16.5. The number of rotatable bonds is 5. The zero-order chi connectivity index (χ0) is 23.1. The second-order valence-electron chi connectivity index (χ2n) is 9.34. The molecule has 1 saturated carbocycles. The molecule has 2 amide bonds. The van der Waals surface area contributed by atoms with Gasteiger partial charge in [0, 0.05) is 11.1 Å². The predicted octanol–water partition coefficient (Wildman–Crippen LogP) is 5.35. The zero-order valence-electron chi connectivity index (χ0n) is 18.7. The maximum Gasteiger partial charge on any atom is 0.319 e. The SMILES string of the molecule is Cc1noc(-c2ccc(-c3ccc(C4(C(=O)O)CC4)cc3)cc2)c1NC(=O)NC(C)(C)C. The highest BCUT2D eigenvalue weighted by Gasteiger charge is 2.51. The molecule has 0 spiro atoms. The van der Waals surface area contributed by atoms with E-state index >= 15 is 0 Å². The molecule has 7 heteroatoms. The Morgan fingerprint density at radius 1 is 0.969 bits per heavy atom. The van der Waals surface area contributed by atoms with Gasteiger partial charge in [0.1, 0.15) is 11.4 Å². The molecule has 0 unspecified atom stereocenters. The van der Waals surface area contributed by atoms with Crippen molar-refractivity contribution in [3.8, 4) is 22.5 Å². The molecule has 2 aromatic carbocycles. The Labute approximate surface area is 186 Å². The van der Waals surface area contributed by atoms with Crippen molar-refractivity contribution in [2.24, 2.45) is 0 Å². The van der Waals surface area contributed by atoms with E-state index in [-0.39, 0.29) is 11.6 Å². The van der Waals surface area contributed by atoms with Crippen molar-refractivity contribution in [2.45, 2.75) is 51.5 Å². The van der Waals surface area contributed by atoms with Gasteiger partial charge < -0.3 is 20.3 Å². The van der Waals surface area contributed by atoms with Crippen molar-refractivity contribution in [3.63, 3.8) is 0 Å². The van der Waals surface area contributed by atoms with Crippen molar-refractivity contribution >= 4 is 17.7 Å². The van der Waals surface area contributed by atoms with Gasteiger partial charge in [-0.2, -0.15) is 0 Å². The number of hydrogen-bond donors (Lipinski definition) is 3. The van der Waals surface area contributed by atoms with Crippen LogP contribution in [0.1, 0.15) is 44.9 Å². The Kier molecular flexibility index (Phi) is 5.28. The number of nitrogens with one attached hydrogen (secondary N) is 2. The predicted molar refractivity (Wildman–Crippen MR) is 123 cm³/mol. The molecular formula is C25H27N3O4. The Morgan fingerprint density at radius 2 is 1.50 bits per heavy atom. The van der Waals surface area contributed by atoms with E-state index in [9.17, 15) is 14.7 Å². The monoisotopic (exact) mass is 433 g/mol. The van der Waals surface area contributed by atoms with Gasteiger partial charge in [-0.05, 0) is 57.2 Å². The first kappa shape index (κ1) is 21.6. The van der Waals surface area contributed by atoms with Crippen molar-refractivity contribution < 1.29 is 19.2 Å². The number of carboxylic acids is 1. The molecule has 1 aliphatic carbocycles. The lowest BCUT2D eigenvalue weighted by Gasteiger charge is -2.20. The average Bonchev–Trinajstić information content (AvgIpc) is 3.47. The number of carboxylic acid groups (broad SMARTS) is 1. The number of carbonyl (C=O) groups is 2. The van der Waals surface area contributed by atoms with E-state index in [1.807, 2.05) is 69.3 Å². The van der Waals surface area contributed by atoms with Crippen LogP contribution in [0.25, 0.3) is 22.5 Å². The maximum atomic E-state index is 12.3. The van der Waals surface area contributed by atoms with Crippen LogP contribution < -0.4 is 10.6 Å². The molecule has 1 aromatic heterocycles. The molecule has 32 heavy (non-hydrogen) atoms. The van der Waals surface area contributed by atoms with E-state index in [1.165, 1.54) is 0 Å². The van der Waals surface area contributed by atoms with E-state index in [2.05, 4.69) is 15.8 Å². The molecule has 0 bridgehead atoms. The van der Waals surface area contributed by atoms with Gasteiger partial charge >= 0.3 is 12.0 Å². The lowest BCUT2D eigenvalue weighted by Crippen LogP contribution is -2.43. The maximum absolute atomic E-state index is 12.3. The largest absolute Gasteiger partial charge is 0.481 e. The third-order valence-electron chi connectivity index (χ3n) is 5.67. The molecule has 0 atom stereocenters. The van der Waals surface area contributed by atoms with Crippen molar-refractivity contribution in [1.29, 1.82) is 0 Å². The normalized spacial score (nSPS) is 14.6. The first-order valence-electron chi connectivity index (χ1n) is 10.6. The number of carbonyl (C=O) groups excluding carboxylic acids is 1. The molecule has 166 valence electrons. The third-order valence-corrected chi connectivity index (χ3v) is 5.67. The van der Waals surface area contributed by atoms with E-state index in [4.69, 9.17) is 4.52 Å². The summed E-state index contributed by atoms with van der Waals surface area (Å²) in [7, 11) is 0. The Balaban J connectivity index is 1.54. The Morgan fingerprint density at radius 3 is 2.00 bits per heavy atom. The number of aliphatic carboxylic acids is 1. The first-order valence-corrected chi connectivity index (χ1v) is 10.6. The number of aromatic nitrogens is 1. The summed E-state index contributed by atoms with van der Waals surface area (Å²) in [4.78, 5) is 23.8. The summed E-state index contributed by atoms with van der Waals surface area (Å²) in [5.74, 6) is -0.261. The van der Waals surface area contributed by atoms with Gasteiger partial charge in [0.15, 0.2) is 5.76 Å². The van der Waals surface area contributed by atoms with Crippen molar-refractivity contribution in [3.05, 3.63) is 59.8 Å². The summed E-state index contributed by atoms with van der Waals surface area (Å²) in [6.45, 7) is 7.50. The summed E-state index contributed by atoms with van der Waals surface area (Å²) in [5.41, 5.74) is 3.70. The quantitative estimate of drug-likeness (QED) is 0.503. The fourth-order valence-corrected chi connectivity index (χ4v) is 3.75. The van der Waals surface area contributed by atoms with Gasteiger partial charge in [-0.15, -0.1) is 0 Å². The summed E-state index contributed by atoms with van der Waals surface area (Å²) in [6, 6.07) is 15.1. The van der Waals surface area contributed by atoms with Gasteiger partial charge in [0.25, 0.3) is 0 Å². The number of urea groups is 1. The molecule has 0 saturated heterocycles. The van der Waals surface area contributed by atoms with E-state index in [1.54, 1.807) is 6.92 Å².